The Bertz CT molecular complexity index is 591. The first-order valence-corrected chi connectivity index (χ1v) is 6.50. The third-order valence-corrected chi connectivity index (χ3v) is 2.96. The first-order valence-electron chi connectivity index (χ1n) is 6.12. The van der Waals surface area contributed by atoms with Crippen LogP contribution in [0.2, 0.25) is 5.02 Å². The van der Waals surface area contributed by atoms with Crippen LogP contribution >= 0.6 is 11.6 Å². The van der Waals surface area contributed by atoms with E-state index < -0.39 is 0 Å². The van der Waals surface area contributed by atoms with Gasteiger partial charge in [0.25, 0.3) is 0 Å². The maximum atomic E-state index is 10.7. The van der Waals surface area contributed by atoms with Crippen molar-refractivity contribution < 1.29 is 9.53 Å². The molecule has 0 N–H and O–H groups in total. The molecule has 0 unspecified atom stereocenters. The van der Waals surface area contributed by atoms with E-state index in [4.69, 9.17) is 16.3 Å². The van der Waals surface area contributed by atoms with E-state index in [2.05, 4.69) is 0 Å². The van der Waals surface area contributed by atoms with E-state index >= 15 is 0 Å². The molecule has 0 radical (unpaired) electrons. The van der Waals surface area contributed by atoms with E-state index in [-0.39, 0.29) is 6.10 Å². The molecular formula is C16H15ClO2. The highest BCUT2D eigenvalue weighted by Crippen LogP contribution is 2.30. The molecule has 2 aromatic carbocycles. The normalized spacial score (nSPS) is 10.5. The van der Waals surface area contributed by atoms with Gasteiger partial charge in [0.15, 0.2) is 0 Å². The Morgan fingerprint density at radius 3 is 2.58 bits per heavy atom. The number of carbonyl (C=O) groups excluding carboxylic acids is 1. The summed E-state index contributed by atoms with van der Waals surface area (Å²) in [4.78, 5) is 10.7. The van der Waals surface area contributed by atoms with E-state index in [9.17, 15) is 4.79 Å². The molecule has 2 aromatic rings. The molecule has 0 bridgehead atoms. The molecule has 0 saturated carbocycles. The highest BCUT2D eigenvalue weighted by Gasteiger charge is 2.06. The summed E-state index contributed by atoms with van der Waals surface area (Å²) in [6.07, 6.45) is 0.914. The fourth-order valence-electron chi connectivity index (χ4n) is 1.85. The monoisotopic (exact) mass is 274 g/mol. The van der Waals surface area contributed by atoms with Gasteiger partial charge in [-0.3, -0.25) is 4.79 Å². The highest BCUT2D eigenvalue weighted by molar-refractivity contribution is 6.33. The number of hydrogen-bond donors (Lipinski definition) is 0. The molecule has 0 aliphatic carbocycles. The van der Waals surface area contributed by atoms with Crippen molar-refractivity contribution in [2.24, 2.45) is 0 Å². The molecule has 98 valence electrons. The third-order valence-electron chi connectivity index (χ3n) is 2.65. The Morgan fingerprint density at radius 2 is 1.95 bits per heavy atom. The minimum atomic E-state index is 0.128. The van der Waals surface area contributed by atoms with Gasteiger partial charge in [0.05, 0.1) is 6.10 Å². The number of aldehydes is 1. The zero-order valence-electron chi connectivity index (χ0n) is 10.9. The Hall–Kier alpha value is -1.80. The molecule has 0 amide bonds. The maximum Gasteiger partial charge on any atom is 0.150 e. The molecule has 3 heteroatoms. The van der Waals surface area contributed by atoms with E-state index in [1.54, 1.807) is 12.1 Å². The van der Waals surface area contributed by atoms with E-state index in [0.717, 1.165) is 23.2 Å². The van der Waals surface area contributed by atoms with Crippen LogP contribution in [0.4, 0.5) is 0 Å². The summed E-state index contributed by atoms with van der Waals surface area (Å²) in [5, 5.41) is 0.561. The lowest BCUT2D eigenvalue weighted by Crippen LogP contribution is -2.05. The van der Waals surface area contributed by atoms with Crippen molar-refractivity contribution in [3.05, 3.63) is 53.1 Å². The molecule has 2 rings (SSSR count). The van der Waals surface area contributed by atoms with Gasteiger partial charge in [0.1, 0.15) is 12.0 Å². The highest BCUT2D eigenvalue weighted by atomic mass is 35.5. The van der Waals surface area contributed by atoms with E-state index in [1.165, 1.54) is 0 Å². The zero-order chi connectivity index (χ0) is 13.8. The van der Waals surface area contributed by atoms with Crippen molar-refractivity contribution >= 4 is 17.9 Å². The number of rotatable bonds is 4. The van der Waals surface area contributed by atoms with Gasteiger partial charge in [-0.05, 0) is 37.6 Å². The van der Waals surface area contributed by atoms with Crippen LogP contribution in [0.1, 0.15) is 24.2 Å². The van der Waals surface area contributed by atoms with Crippen LogP contribution in [0.5, 0.6) is 5.75 Å². The molecule has 0 aromatic heterocycles. The van der Waals surface area contributed by atoms with Crippen molar-refractivity contribution in [2.45, 2.75) is 20.0 Å². The van der Waals surface area contributed by atoms with E-state index in [0.29, 0.717) is 10.6 Å². The minimum Gasteiger partial charge on any atom is -0.491 e. The van der Waals surface area contributed by atoms with Gasteiger partial charge in [0.2, 0.25) is 0 Å². The number of halogens is 1. The lowest BCUT2D eigenvalue weighted by molar-refractivity contribution is 0.112. The van der Waals surface area contributed by atoms with Gasteiger partial charge in [-0.1, -0.05) is 35.9 Å². The summed E-state index contributed by atoms with van der Waals surface area (Å²) >= 11 is 6.20. The maximum absolute atomic E-state index is 10.7. The minimum absolute atomic E-state index is 0.128. The second-order valence-corrected chi connectivity index (χ2v) is 4.96. The molecule has 2 nitrogen and oxygen atoms in total. The molecule has 0 spiro atoms. The number of benzene rings is 2. The fraction of sp³-hybridized carbons (Fsp3) is 0.188. The van der Waals surface area contributed by atoms with Gasteiger partial charge in [-0.15, -0.1) is 0 Å². The average Bonchev–Trinajstić information content (AvgIpc) is 2.38. The van der Waals surface area contributed by atoms with Crippen LogP contribution in [0.15, 0.2) is 42.5 Å². The molecule has 0 aliphatic heterocycles. The first-order chi connectivity index (χ1) is 9.10. The molecule has 0 saturated heterocycles. The van der Waals surface area contributed by atoms with Gasteiger partial charge >= 0.3 is 0 Å². The first kappa shape index (κ1) is 13.6. The Morgan fingerprint density at radius 1 is 1.16 bits per heavy atom. The number of ether oxygens (including phenoxy) is 1. The second-order valence-electron chi connectivity index (χ2n) is 4.55. The summed E-state index contributed by atoms with van der Waals surface area (Å²) in [5.74, 6) is 0.808. The van der Waals surface area contributed by atoms with Crippen molar-refractivity contribution in [1.29, 1.82) is 0 Å². The Kier molecular flexibility index (Phi) is 4.23. The van der Waals surface area contributed by atoms with Crippen LogP contribution in [0.3, 0.4) is 0 Å². The SMILES string of the molecule is CC(C)Oc1cccc(-c2ccc(C=O)cc2Cl)c1. The van der Waals surface area contributed by atoms with Crippen LogP contribution < -0.4 is 4.74 Å². The standard InChI is InChI=1S/C16H15ClO2/c1-11(2)19-14-5-3-4-13(9-14)15-7-6-12(10-18)8-16(15)17/h3-11H,1-2H3. The van der Waals surface area contributed by atoms with Crippen LogP contribution in [-0.2, 0) is 0 Å². The molecule has 19 heavy (non-hydrogen) atoms. The van der Waals surface area contributed by atoms with Gasteiger partial charge in [-0.2, -0.15) is 0 Å². The summed E-state index contributed by atoms with van der Waals surface area (Å²) in [6.45, 7) is 3.97. The predicted molar refractivity (Wildman–Crippen MR) is 78.0 cm³/mol. The smallest absolute Gasteiger partial charge is 0.150 e. The topological polar surface area (TPSA) is 26.3 Å². The summed E-state index contributed by atoms with van der Waals surface area (Å²) in [5.41, 5.74) is 2.44. The lowest BCUT2D eigenvalue weighted by Gasteiger charge is -2.11. The van der Waals surface area contributed by atoms with Gasteiger partial charge < -0.3 is 4.74 Å². The average molecular weight is 275 g/mol. The molecule has 0 fully saturated rings. The zero-order valence-corrected chi connectivity index (χ0v) is 11.6. The summed E-state index contributed by atoms with van der Waals surface area (Å²) < 4.78 is 5.66. The second kappa shape index (κ2) is 5.89. The lowest BCUT2D eigenvalue weighted by atomic mass is 10.0. The van der Waals surface area contributed by atoms with Crippen molar-refractivity contribution in [1.82, 2.24) is 0 Å². The van der Waals surface area contributed by atoms with Crippen molar-refractivity contribution in [2.75, 3.05) is 0 Å². The Balaban J connectivity index is 2.38. The van der Waals surface area contributed by atoms with Crippen LogP contribution in [0, 0.1) is 0 Å². The van der Waals surface area contributed by atoms with Crippen molar-refractivity contribution in [3.8, 4) is 16.9 Å². The summed E-state index contributed by atoms with van der Waals surface area (Å²) in [6, 6.07) is 13.0. The van der Waals surface area contributed by atoms with Crippen LogP contribution in [0.25, 0.3) is 11.1 Å². The largest absolute Gasteiger partial charge is 0.491 e. The predicted octanol–water partition coefficient (Wildman–Crippen LogP) is 4.61. The summed E-state index contributed by atoms with van der Waals surface area (Å²) in [7, 11) is 0. The molecular weight excluding hydrogens is 260 g/mol. The third kappa shape index (κ3) is 3.36. The van der Waals surface area contributed by atoms with E-state index in [1.807, 2.05) is 44.2 Å². The molecule has 0 heterocycles. The number of hydrogen-bond acceptors (Lipinski definition) is 2. The quantitative estimate of drug-likeness (QED) is 0.761. The Labute approximate surface area is 118 Å². The molecule has 0 aliphatic rings. The van der Waals surface area contributed by atoms with Crippen LogP contribution in [-0.4, -0.2) is 12.4 Å². The van der Waals surface area contributed by atoms with Gasteiger partial charge in [-0.25, -0.2) is 0 Å². The van der Waals surface area contributed by atoms with Gasteiger partial charge in [0, 0.05) is 16.1 Å². The number of carbonyl (C=O) groups is 1. The molecule has 0 atom stereocenters. The van der Waals surface area contributed by atoms with Crippen molar-refractivity contribution in [3.63, 3.8) is 0 Å². The fourth-order valence-corrected chi connectivity index (χ4v) is 2.15.